The first kappa shape index (κ1) is 25.8. The number of imide groups is 2. The Bertz CT molecular complexity index is 1470. The van der Waals surface area contributed by atoms with E-state index in [2.05, 4.69) is 14.9 Å². The summed E-state index contributed by atoms with van der Waals surface area (Å²) in [4.78, 5) is 63.1. The molecule has 0 bridgehead atoms. The molecule has 1 aromatic carbocycles. The summed E-state index contributed by atoms with van der Waals surface area (Å²) in [7, 11) is 4.32. The van der Waals surface area contributed by atoms with E-state index in [9.17, 15) is 24.3 Å². The average Bonchev–Trinajstić information content (AvgIpc) is 3.40. The Hall–Kier alpha value is -3.84. The predicted octanol–water partition coefficient (Wildman–Crippen LogP) is 1.57. The first-order valence-corrected chi connectivity index (χ1v) is 12.6. The van der Waals surface area contributed by atoms with Crippen LogP contribution in [0.3, 0.4) is 0 Å². The van der Waals surface area contributed by atoms with Crippen molar-refractivity contribution in [3.63, 3.8) is 0 Å². The summed E-state index contributed by atoms with van der Waals surface area (Å²) in [6.07, 6.45) is 2.86. The van der Waals surface area contributed by atoms with E-state index in [-0.39, 0.29) is 41.8 Å². The first-order valence-electron chi connectivity index (χ1n) is 12.2. The number of nitrogens with zero attached hydrogens (tertiary/aromatic N) is 5. The van der Waals surface area contributed by atoms with E-state index in [4.69, 9.17) is 17.0 Å². The molecule has 1 atom stereocenters. The van der Waals surface area contributed by atoms with Crippen LogP contribution in [0.1, 0.15) is 24.0 Å². The number of benzene rings is 1. The molecule has 4 heterocycles. The van der Waals surface area contributed by atoms with E-state index in [0.29, 0.717) is 18.7 Å². The lowest BCUT2D eigenvalue weighted by Gasteiger charge is -2.50. The average molecular weight is 541 g/mol. The molecule has 0 saturated carbocycles. The quantitative estimate of drug-likeness (QED) is 0.331. The number of amides is 4. The van der Waals surface area contributed by atoms with Gasteiger partial charge in [0.15, 0.2) is 10.2 Å². The number of urea groups is 1. The van der Waals surface area contributed by atoms with E-state index in [1.807, 2.05) is 6.07 Å². The van der Waals surface area contributed by atoms with Gasteiger partial charge in [0.25, 0.3) is 5.56 Å². The van der Waals surface area contributed by atoms with Crippen molar-refractivity contribution >= 4 is 47.7 Å². The van der Waals surface area contributed by atoms with Gasteiger partial charge in [0.05, 0.1) is 24.9 Å². The Kier molecular flexibility index (Phi) is 6.43. The number of anilines is 1. The van der Waals surface area contributed by atoms with Crippen molar-refractivity contribution in [2.75, 3.05) is 39.3 Å². The number of nitrogens with one attached hydrogen (secondary N) is 1. The molecule has 3 aliphatic rings. The maximum atomic E-state index is 13.5. The summed E-state index contributed by atoms with van der Waals surface area (Å²) >= 11 is 5.14. The second-order valence-corrected chi connectivity index (χ2v) is 10.1. The monoisotopic (exact) mass is 540 g/mol. The van der Waals surface area contributed by atoms with E-state index in [1.54, 1.807) is 12.1 Å². The molecule has 200 valence electrons. The molecule has 12 nitrogen and oxygen atoms in total. The third kappa shape index (κ3) is 3.76. The van der Waals surface area contributed by atoms with Crippen LogP contribution in [0.2, 0.25) is 0 Å². The van der Waals surface area contributed by atoms with Gasteiger partial charge < -0.3 is 14.7 Å². The van der Waals surface area contributed by atoms with Gasteiger partial charge in [0, 0.05) is 39.7 Å². The van der Waals surface area contributed by atoms with Gasteiger partial charge in [-0.25, -0.2) is 4.79 Å². The molecular formula is C25H28N6O6S. The Labute approximate surface area is 223 Å². The molecule has 0 radical (unpaired) electrons. The largest absolute Gasteiger partial charge is 0.494 e. The highest BCUT2D eigenvalue weighted by atomic mass is 32.1. The second-order valence-electron chi connectivity index (χ2n) is 9.72. The number of aromatic hydroxyl groups is 1. The minimum atomic E-state index is -1.41. The number of rotatable bonds is 5. The highest BCUT2D eigenvalue weighted by Gasteiger charge is 2.63. The van der Waals surface area contributed by atoms with Crippen molar-refractivity contribution < 1.29 is 24.2 Å². The lowest BCUT2D eigenvalue weighted by molar-refractivity contribution is -0.159. The number of fused-ring (bicyclic) bond motifs is 4. The lowest BCUT2D eigenvalue weighted by Crippen LogP contribution is -2.70. The van der Waals surface area contributed by atoms with Gasteiger partial charge in [-0.05, 0) is 55.2 Å². The smallest absolute Gasteiger partial charge is 0.332 e. The van der Waals surface area contributed by atoms with Crippen LogP contribution in [-0.2, 0) is 27.3 Å². The van der Waals surface area contributed by atoms with Gasteiger partial charge in [-0.1, -0.05) is 0 Å². The molecular weight excluding hydrogens is 512 g/mol. The van der Waals surface area contributed by atoms with Gasteiger partial charge in [-0.3, -0.25) is 38.7 Å². The van der Waals surface area contributed by atoms with E-state index in [0.717, 1.165) is 27.5 Å². The van der Waals surface area contributed by atoms with Crippen molar-refractivity contribution in [3.05, 3.63) is 44.5 Å². The number of hydrogen-bond acceptors (Lipinski definition) is 9. The van der Waals surface area contributed by atoms with Gasteiger partial charge in [0.1, 0.15) is 5.56 Å². The predicted molar refractivity (Wildman–Crippen MR) is 141 cm³/mol. The van der Waals surface area contributed by atoms with Gasteiger partial charge in [-0.2, -0.15) is 0 Å². The molecule has 38 heavy (non-hydrogen) atoms. The van der Waals surface area contributed by atoms with Crippen LogP contribution >= 0.6 is 12.2 Å². The molecule has 5 rings (SSSR count). The molecule has 2 aromatic rings. The van der Waals surface area contributed by atoms with E-state index >= 15 is 0 Å². The zero-order valence-electron chi connectivity index (χ0n) is 21.3. The summed E-state index contributed by atoms with van der Waals surface area (Å²) in [6, 6.07) is 4.44. The number of aromatic amines is 1. The van der Waals surface area contributed by atoms with Crippen LogP contribution < -0.4 is 10.5 Å². The van der Waals surface area contributed by atoms with Crippen molar-refractivity contribution in [2.45, 2.75) is 31.8 Å². The number of methoxy groups -OCH3 is 1. The maximum absolute atomic E-state index is 13.5. The number of aliphatic imine (C=N–C) groups is 1. The third-order valence-corrected chi connectivity index (χ3v) is 8.00. The fourth-order valence-corrected chi connectivity index (χ4v) is 6.08. The highest BCUT2D eigenvalue weighted by molar-refractivity contribution is 7.71. The summed E-state index contributed by atoms with van der Waals surface area (Å²) in [5.74, 6) is -1.32. The number of ether oxygens (including phenoxy) is 1. The summed E-state index contributed by atoms with van der Waals surface area (Å²) in [5, 5.41) is 10.7. The summed E-state index contributed by atoms with van der Waals surface area (Å²) in [5.41, 5.74) is 0.0528. The van der Waals surface area contributed by atoms with Crippen LogP contribution in [0.25, 0.3) is 0 Å². The molecule has 4 amide bonds. The molecule has 0 unspecified atom stereocenters. The number of aromatic nitrogens is 2. The summed E-state index contributed by atoms with van der Waals surface area (Å²) < 4.78 is 6.45. The lowest BCUT2D eigenvalue weighted by atomic mass is 9.68. The van der Waals surface area contributed by atoms with Crippen LogP contribution in [0.4, 0.5) is 16.2 Å². The maximum Gasteiger partial charge on any atom is 0.332 e. The molecule has 1 spiro atoms. The molecule has 1 aromatic heterocycles. The van der Waals surface area contributed by atoms with Crippen LogP contribution in [0.15, 0.2) is 28.0 Å². The van der Waals surface area contributed by atoms with Crippen molar-refractivity contribution in [2.24, 2.45) is 10.4 Å². The Balaban J connectivity index is 1.54. The van der Waals surface area contributed by atoms with E-state index in [1.165, 1.54) is 32.0 Å². The SMILES string of the molecule is COCCn1c(O)c(C=Nc2ccc3c(c2)CC2(C(=O)N(C)C(=O)N(C)C2=O)[C@H]2CCCN32)c(=O)[nH]c1=S. The zero-order chi connectivity index (χ0) is 27.4. The summed E-state index contributed by atoms with van der Waals surface area (Å²) in [6.45, 7) is 1.20. The number of hydrogen-bond donors (Lipinski definition) is 2. The molecule has 2 fully saturated rings. The van der Waals surface area contributed by atoms with Crippen molar-refractivity contribution in [1.82, 2.24) is 19.4 Å². The fourth-order valence-electron chi connectivity index (χ4n) is 5.81. The third-order valence-electron chi connectivity index (χ3n) is 7.68. The van der Waals surface area contributed by atoms with Crippen LogP contribution in [-0.4, -0.2) is 88.9 Å². The minimum absolute atomic E-state index is 0.0659. The standard InChI is InChI=1S/C25H28N6O6S/c1-28-21(34)25(22(35)29(2)24(28)36)12-14-11-15(6-7-17(14)30-8-4-5-18(25)30)26-13-16-19(32)27-23(38)31(20(16)33)9-10-37-3/h6-7,11,13,18,33H,4-5,8-10,12H2,1-3H3,(H,27,32,38)/t18-/m1/s1. The highest BCUT2D eigenvalue weighted by Crippen LogP contribution is 2.49. The Morgan fingerprint density at radius 1 is 1.21 bits per heavy atom. The molecule has 0 aliphatic carbocycles. The number of H-pyrrole nitrogens is 1. The van der Waals surface area contributed by atoms with Crippen LogP contribution in [0.5, 0.6) is 5.88 Å². The second kappa shape index (κ2) is 9.48. The molecule has 3 aliphatic heterocycles. The Morgan fingerprint density at radius 2 is 1.92 bits per heavy atom. The zero-order valence-corrected chi connectivity index (χ0v) is 22.1. The molecule has 2 N–H and O–H groups in total. The van der Waals surface area contributed by atoms with E-state index < -0.39 is 28.8 Å². The van der Waals surface area contributed by atoms with Gasteiger partial charge >= 0.3 is 6.03 Å². The number of carbonyl (C=O) groups excluding carboxylic acids is 3. The Morgan fingerprint density at radius 3 is 2.61 bits per heavy atom. The topological polar surface area (TPSA) is 141 Å². The number of barbiturate groups is 1. The van der Waals surface area contributed by atoms with Crippen molar-refractivity contribution in [3.8, 4) is 5.88 Å². The van der Waals surface area contributed by atoms with Crippen molar-refractivity contribution in [1.29, 1.82) is 0 Å². The molecule has 13 heteroatoms. The number of carbonyl (C=O) groups is 3. The van der Waals surface area contributed by atoms with Gasteiger partial charge in [0.2, 0.25) is 17.7 Å². The minimum Gasteiger partial charge on any atom is -0.494 e. The normalized spacial score (nSPS) is 20.6. The van der Waals surface area contributed by atoms with Gasteiger partial charge in [-0.15, -0.1) is 0 Å². The molecule has 2 saturated heterocycles. The van der Waals surface area contributed by atoms with Crippen LogP contribution in [0, 0.1) is 10.2 Å². The fraction of sp³-hybridized carbons (Fsp3) is 0.440. The first-order chi connectivity index (χ1) is 18.1.